The smallest absolute Gasteiger partial charge is 0.265 e. The Bertz CT molecular complexity index is 474. The third kappa shape index (κ3) is 3.49. The third-order valence-electron chi connectivity index (χ3n) is 3.93. The zero-order valence-corrected chi connectivity index (χ0v) is 12.2. The summed E-state index contributed by atoms with van der Waals surface area (Å²) in [6, 6.07) is 7.05. The fourth-order valence-corrected chi connectivity index (χ4v) is 2.66. The zero-order valence-electron chi connectivity index (χ0n) is 12.2. The Morgan fingerprint density at radius 2 is 2.30 bits per heavy atom. The van der Waals surface area contributed by atoms with Crippen LogP contribution >= 0.6 is 0 Å². The lowest BCUT2D eigenvalue weighted by molar-refractivity contribution is 0.0953. The number of amides is 1. The molecule has 20 heavy (non-hydrogen) atoms. The van der Waals surface area contributed by atoms with E-state index in [1.165, 1.54) is 12.8 Å². The predicted octanol–water partition coefficient (Wildman–Crippen LogP) is 1.54. The van der Waals surface area contributed by atoms with Gasteiger partial charge in [0.05, 0.1) is 0 Å². The Balaban J connectivity index is 1.87. The van der Waals surface area contributed by atoms with E-state index < -0.39 is 0 Å². The third-order valence-corrected chi connectivity index (χ3v) is 3.93. The number of hydrogen-bond acceptors (Lipinski definition) is 4. The number of likely N-dealkylation sites (tertiary alicyclic amines) is 1. The van der Waals surface area contributed by atoms with E-state index in [1.807, 2.05) is 6.07 Å². The maximum atomic E-state index is 11.4. The van der Waals surface area contributed by atoms with Crippen molar-refractivity contribution in [1.82, 2.24) is 10.3 Å². The van der Waals surface area contributed by atoms with Gasteiger partial charge >= 0.3 is 0 Å². The molecule has 1 aromatic carbocycles. The average Bonchev–Trinajstić information content (AvgIpc) is 2.77. The van der Waals surface area contributed by atoms with Crippen LogP contribution in [0.3, 0.4) is 0 Å². The number of rotatable bonds is 5. The second-order valence-corrected chi connectivity index (χ2v) is 5.75. The molecule has 1 saturated heterocycles. The number of nitrogen functional groups attached to an aromatic ring is 1. The summed E-state index contributed by atoms with van der Waals surface area (Å²) in [5.41, 5.74) is 2.89. The number of nitrogens with zero attached hydrogens (tertiary/aromatic N) is 1. The standard InChI is InChI=1S/C15H23N3O2/c1-15(2)7-4-8-18(15)9-10-20-13-6-3-5-12(11-13)14(19)17-16/h3,5-6,11H,4,7-10,16H2,1-2H3,(H,17,19). The van der Waals surface area contributed by atoms with Crippen molar-refractivity contribution in [2.24, 2.45) is 5.84 Å². The van der Waals surface area contributed by atoms with Gasteiger partial charge in [0.25, 0.3) is 5.91 Å². The topological polar surface area (TPSA) is 67.6 Å². The Kier molecular flexibility index (Phi) is 4.62. The van der Waals surface area contributed by atoms with Crippen LogP contribution in [0.25, 0.3) is 0 Å². The molecule has 5 heteroatoms. The number of hydrogen-bond donors (Lipinski definition) is 2. The summed E-state index contributed by atoms with van der Waals surface area (Å²) in [4.78, 5) is 13.9. The largest absolute Gasteiger partial charge is 0.492 e. The normalized spacial score (nSPS) is 17.9. The van der Waals surface area contributed by atoms with Gasteiger partial charge in [0, 0.05) is 17.6 Å². The van der Waals surface area contributed by atoms with Gasteiger partial charge in [-0.15, -0.1) is 0 Å². The van der Waals surface area contributed by atoms with Gasteiger partial charge in [0.15, 0.2) is 0 Å². The minimum atomic E-state index is -0.309. The van der Waals surface area contributed by atoms with Gasteiger partial charge in [0.1, 0.15) is 12.4 Å². The van der Waals surface area contributed by atoms with Crippen LogP contribution < -0.4 is 16.0 Å². The highest BCUT2D eigenvalue weighted by molar-refractivity contribution is 5.94. The number of hydrazine groups is 1. The van der Waals surface area contributed by atoms with Gasteiger partial charge < -0.3 is 4.74 Å². The van der Waals surface area contributed by atoms with Crippen molar-refractivity contribution in [3.8, 4) is 5.75 Å². The molecule has 1 heterocycles. The summed E-state index contributed by atoms with van der Waals surface area (Å²) in [6.45, 7) is 7.20. The number of ether oxygens (including phenoxy) is 1. The molecule has 2 rings (SSSR count). The van der Waals surface area contributed by atoms with Crippen LogP contribution in [0.2, 0.25) is 0 Å². The maximum Gasteiger partial charge on any atom is 0.265 e. The first kappa shape index (κ1) is 14.8. The fraction of sp³-hybridized carbons (Fsp3) is 0.533. The van der Waals surface area contributed by atoms with E-state index in [9.17, 15) is 4.79 Å². The monoisotopic (exact) mass is 277 g/mol. The number of benzene rings is 1. The van der Waals surface area contributed by atoms with Crippen LogP contribution in [0.4, 0.5) is 0 Å². The minimum Gasteiger partial charge on any atom is -0.492 e. The number of nitrogens with one attached hydrogen (secondary N) is 1. The number of carbonyl (C=O) groups is 1. The second kappa shape index (κ2) is 6.24. The molecule has 1 aromatic rings. The molecule has 0 atom stereocenters. The lowest BCUT2D eigenvalue weighted by atomic mass is 10.0. The van der Waals surface area contributed by atoms with Crippen LogP contribution in [-0.4, -0.2) is 36.0 Å². The molecule has 3 N–H and O–H groups in total. The molecule has 1 aliphatic rings. The quantitative estimate of drug-likeness (QED) is 0.487. The summed E-state index contributed by atoms with van der Waals surface area (Å²) in [5.74, 6) is 5.51. The van der Waals surface area contributed by atoms with E-state index in [0.717, 1.165) is 13.1 Å². The fourth-order valence-electron chi connectivity index (χ4n) is 2.66. The maximum absolute atomic E-state index is 11.4. The molecule has 0 bridgehead atoms. The minimum absolute atomic E-state index is 0.268. The molecule has 110 valence electrons. The lowest BCUT2D eigenvalue weighted by Gasteiger charge is -2.31. The van der Waals surface area contributed by atoms with Crippen LogP contribution in [0.15, 0.2) is 24.3 Å². The van der Waals surface area contributed by atoms with Crippen LogP contribution in [-0.2, 0) is 0 Å². The Hall–Kier alpha value is -1.59. The first-order valence-corrected chi connectivity index (χ1v) is 7.02. The molecule has 5 nitrogen and oxygen atoms in total. The van der Waals surface area contributed by atoms with Crippen LogP contribution in [0.1, 0.15) is 37.0 Å². The van der Waals surface area contributed by atoms with Crippen molar-refractivity contribution in [3.05, 3.63) is 29.8 Å². The van der Waals surface area contributed by atoms with E-state index in [-0.39, 0.29) is 11.4 Å². The highest BCUT2D eigenvalue weighted by Gasteiger charge is 2.31. The summed E-state index contributed by atoms with van der Waals surface area (Å²) in [7, 11) is 0. The zero-order chi connectivity index (χ0) is 14.6. The van der Waals surface area contributed by atoms with Crippen molar-refractivity contribution in [3.63, 3.8) is 0 Å². The van der Waals surface area contributed by atoms with E-state index in [2.05, 4.69) is 24.2 Å². The van der Waals surface area contributed by atoms with Crippen molar-refractivity contribution >= 4 is 5.91 Å². The van der Waals surface area contributed by atoms with E-state index in [1.54, 1.807) is 18.2 Å². The molecule has 1 amide bonds. The van der Waals surface area contributed by atoms with Crippen LogP contribution in [0.5, 0.6) is 5.75 Å². The van der Waals surface area contributed by atoms with Gasteiger partial charge in [0.2, 0.25) is 0 Å². The Morgan fingerprint density at radius 3 is 2.95 bits per heavy atom. The average molecular weight is 277 g/mol. The molecular formula is C15H23N3O2. The molecule has 0 saturated carbocycles. The first-order chi connectivity index (χ1) is 9.53. The van der Waals surface area contributed by atoms with Crippen molar-refractivity contribution in [2.75, 3.05) is 19.7 Å². The second-order valence-electron chi connectivity index (χ2n) is 5.75. The Labute approximate surface area is 120 Å². The van der Waals surface area contributed by atoms with Gasteiger partial charge in [-0.25, -0.2) is 5.84 Å². The first-order valence-electron chi connectivity index (χ1n) is 7.02. The highest BCUT2D eigenvalue weighted by Crippen LogP contribution is 2.27. The summed E-state index contributed by atoms with van der Waals surface area (Å²) in [6.07, 6.45) is 2.48. The number of carbonyl (C=O) groups excluding carboxylic acids is 1. The molecular weight excluding hydrogens is 254 g/mol. The van der Waals surface area contributed by atoms with E-state index >= 15 is 0 Å². The summed E-state index contributed by atoms with van der Waals surface area (Å²) >= 11 is 0. The van der Waals surface area contributed by atoms with Crippen molar-refractivity contribution in [2.45, 2.75) is 32.2 Å². The van der Waals surface area contributed by atoms with Gasteiger partial charge in [-0.3, -0.25) is 15.1 Å². The molecule has 0 spiro atoms. The lowest BCUT2D eigenvalue weighted by Crippen LogP contribution is -2.40. The molecule has 1 fully saturated rings. The molecule has 0 unspecified atom stereocenters. The predicted molar refractivity (Wildman–Crippen MR) is 78.5 cm³/mol. The van der Waals surface area contributed by atoms with Gasteiger partial charge in [-0.05, 0) is 51.4 Å². The van der Waals surface area contributed by atoms with Crippen LogP contribution in [0, 0.1) is 0 Å². The van der Waals surface area contributed by atoms with E-state index in [0.29, 0.717) is 17.9 Å². The highest BCUT2D eigenvalue weighted by atomic mass is 16.5. The van der Waals surface area contributed by atoms with Crippen molar-refractivity contribution in [1.29, 1.82) is 0 Å². The molecule has 1 aliphatic heterocycles. The summed E-state index contributed by atoms with van der Waals surface area (Å²) < 4.78 is 5.73. The molecule has 0 aliphatic carbocycles. The molecule has 0 radical (unpaired) electrons. The van der Waals surface area contributed by atoms with E-state index in [4.69, 9.17) is 10.6 Å². The van der Waals surface area contributed by atoms with Gasteiger partial charge in [-0.2, -0.15) is 0 Å². The number of nitrogens with two attached hydrogens (primary N) is 1. The Morgan fingerprint density at radius 1 is 1.50 bits per heavy atom. The van der Waals surface area contributed by atoms with Gasteiger partial charge in [-0.1, -0.05) is 6.07 Å². The molecule has 0 aromatic heterocycles. The SMILES string of the molecule is CC1(C)CCCN1CCOc1cccc(C(=O)NN)c1. The summed E-state index contributed by atoms with van der Waals surface area (Å²) in [5, 5.41) is 0. The van der Waals surface area contributed by atoms with Crippen molar-refractivity contribution < 1.29 is 9.53 Å².